The van der Waals surface area contributed by atoms with Gasteiger partial charge in [-0.2, -0.15) is 9.44 Å². The SMILES string of the molecule is COc1ccc(S(=O)(=O)NC(O[PH](=O)OC(NS(=O)(=O)c2ccc(OC)cc2)c2ccc(NC(=N)N)cc2)c2ccc(NC(=N)N)cc2)cc1. The molecule has 4 aromatic carbocycles. The summed E-state index contributed by atoms with van der Waals surface area (Å²) in [5.74, 6) is 0.156. The Morgan fingerprint density at radius 1 is 0.600 bits per heavy atom. The Bertz CT molecular complexity index is 1890. The molecule has 0 heterocycles. The maximum absolute atomic E-state index is 13.6. The molecule has 10 N–H and O–H groups in total. The van der Waals surface area contributed by atoms with Crippen LogP contribution in [0.1, 0.15) is 23.6 Å². The molecule has 20 heteroatoms. The fraction of sp³-hybridized carbons (Fsp3) is 0.133. The van der Waals surface area contributed by atoms with Crippen molar-refractivity contribution in [2.75, 3.05) is 24.9 Å². The van der Waals surface area contributed by atoms with Crippen LogP contribution in [0.5, 0.6) is 11.5 Å². The van der Waals surface area contributed by atoms with Gasteiger partial charge in [-0.1, -0.05) is 24.3 Å². The number of ether oxygens (including phenoxy) is 2. The molecule has 50 heavy (non-hydrogen) atoms. The second-order valence-electron chi connectivity index (χ2n) is 10.2. The van der Waals surface area contributed by atoms with Crippen molar-refractivity contribution in [2.24, 2.45) is 11.5 Å². The molecule has 2 unspecified atom stereocenters. The maximum atomic E-state index is 13.6. The lowest BCUT2D eigenvalue weighted by molar-refractivity contribution is 0.120. The van der Waals surface area contributed by atoms with Gasteiger partial charge in [-0.15, -0.1) is 0 Å². The van der Waals surface area contributed by atoms with Crippen LogP contribution in [0.4, 0.5) is 11.4 Å². The van der Waals surface area contributed by atoms with E-state index in [-0.39, 0.29) is 32.8 Å². The van der Waals surface area contributed by atoms with Crippen molar-refractivity contribution in [3.05, 3.63) is 108 Å². The molecule has 0 saturated carbocycles. The van der Waals surface area contributed by atoms with Crippen molar-refractivity contribution in [3.8, 4) is 11.5 Å². The van der Waals surface area contributed by atoms with Gasteiger partial charge in [-0.3, -0.25) is 24.4 Å². The van der Waals surface area contributed by atoms with Gasteiger partial charge in [0.05, 0.1) is 24.0 Å². The first-order chi connectivity index (χ1) is 23.7. The molecule has 4 aromatic rings. The van der Waals surface area contributed by atoms with Gasteiger partial charge in [0.1, 0.15) is 11.5 Å². The molecule has 0 saturated heterocycles. The molecule has 266 valence electrons. The van der Waals surface area contributed by atoms with Gasteiger partial charge < -0.3 is 31.6 Å². The molecule has 0 radical (unpaired) electrons. The molecular weight excluding hydrogens is 711 g/mol. The minimum absolute atomic E-state index is 0.160. The number of nitrogens with one attached hydrogen (secondary N) is 6. The fourth-order valence-electron chi connectivity index (χ4n) is 4.26. The zero-order valence-electron chi connectivity index (χ0n) is 26.5. The van der Waals surface area contributed by atoms with Crippen molar-refractivity contribution in [2.45, 2.75) is 22.2 Å². The van der Waals surface area contributed by atoms with Crippen molar-refractivity contribution < 1.29 is 39.9 Å². The number of hydrogen-bond donors (Lipinski definition) is 8. The van der Waals surface area contributed by atoms with Crippen LogP contribution in [0.2, 0.25) is 0 Å². The first-order valence-electron chi connectivity index (χ1n) is 14.3. The molecule has 17 nitrogen and oxygen atoms in total. The van der Waals surface area contributed by atoms with Gasteiger partial charge in [-0.05, 0) is 83.9 Å². The summed E-state index contributed by atoms with van der Waals surface area (Å²) in [4.78, 5) is -0.321. The van der Waals surface area contributed by atoms with Gasteiger partial charge >= 0.3 is 8.25 Å². The van der Waals surface area contributed by atoms with E-state index in [2.05, 4.69) is 20.1 Å². The molecule has 0 fully saturated rings. The molecule has 0 aliphatic carbocycles. The molecule has 4 rings (SSSR count). The smallest absolute Gasteiger partial charge is 0.322 e. The third-order valence-electron chi connectivity index (χ3n) is 6.68. The molecule has 0 aliphatic rings. The highest BCUT2D eigenvalue weighted by Crippen LogP contribution is 2.38. The summed E-state index contributed by atoms with van der Waals surface area (Å²) in [5.41, 5.74) is 11.9. The monoisotopic (exact) mass is 746 g/mol. The first-order valence-corrected chi connectivity index (χ1v) is 18.5. The number of anilines is 2. The molecular formula is C30H35N8O9PS2. The topological polar surface area (TPSA) is 270 Å². The van der Waals surface area contributed by atoms with E-state index in [0.29, 0.717) is 22.9 Å². The normalized spacial score (nSPS) is 13.4. The summed E-state index contributed by atoms with van der Waals surface area (Å²) in [7, 11) is -9.51. The number of guanidine groups is 2. The van der Waals surface area contributed by atoms with Crippen LogP contribution >= 0.6 is 8.25 Å². The number of sulfonamides is 2. The number of methoxy groups -OCH3 is 2. The summed E-state index contributed by atoms with van der Waals surface area (Å²) in [6.45, 7) is 0. The number of rotatable bonds is 16. The van der Waals surface area contributed by atoms with Crippen molar-refractivity contribution in [1.82, 2.24) is 9.44 Å². The van der Waals surface area contributed by atoms with E-state index >= 15 is 0 Å². The minimum atomic E-state index is -4.31. The summed E-state index contributed by atoms with van der Waals surface area (Å²) in [6.07, 6.45) is -3.22. The molecule has 2 atom stereocenters. The van der Waals surface area contributed by atoms with Crippen LogP contribution in [0.15, 0.2) is 107 Å². The lowest BCUT2D eigenvalue weighted by atomic mass is 10.2. The summed E-state index contributed by atoms with van der Waals surface area (Å²) < 4.78 is 93.4. The van der Waals surface area contributed by atoms with E-state index in [1.165, 1.54) is 111 Å². The zero-order valence-corrected chi connectivity index (χ0v) is 29.2. The third kappa shape index (κ3) is 10.5. The van der Waals surface area contributed by atoms with E-state index in [4.69, 9.17) is 40.8 Å². The number of benzene rings is 4. The van der Waals surface area contributed by atoms with Crippen LogP contribution in [0.3, 0.4) is 0 Å². The van der Waals surface area contributed by atoms with Crippen LogP contribution in [0, 0.1) is 10.8 Å². The Labute approximate surface area is 289 Å². The van der Waals surface area contributed by atoms with Gasteiger partial charge in [0.2, 0.25) is 20.0 Å². The van der Waals surface area contributed by atoms with Crippen molar-refractivity contribution in [1.29, 1.82) is 10.8 Å². The Hall–Kier alpha value is -5.01. The minimum Gasteiger partial charge on any atom is -0.497 e. The standard InChI is InChI=1S/C30H35N8O9PS2/c1-44-23-11-15-25(16-12-23)49(40,41)37-27(19-3-7-21(8-4-19)35-29(31)32)46-48(39)47-28(20-5-9-22(10-6-20)36-30(33)34)38-50(42,43)26-17-13-24(45-2)14-18-26/h3-18,27-28,37-38,48H,1-2H3,(H4,31,32,35)(H4,33,34,36). The highest BCUT2D eigenvalue weighted by atomic mass is 32.2. The molecule has 0 bridgehead atoms. The largest absolute Gasteiger partial charge is 0.497 e. The maximum Gasteiger partial charge on any atom is 0.322 e. The molecule has 0 spiro atoms. The molecule has 0 aliphatic heterocycles. The Kier molecular flexibility index (Phi) is 12.5. The Morgan fingerprint density at radius 3 is 1.20 bits per heavy atom. The summed E-state index contributed by atoms with van der Waals surface area (Å²) in [5, 5.41) is 20.0. The Morgan fingerprint density at radius 2 is 0.920 bits per heavy atom. The third-order valence-corrected chi connectivity index (χ3v) is 10.4. The summed E-state index contributed by atoms with van der Waals surface area (Å²) in [6, 6.07) is 22.6. The highest BCUT2D eigenvalue weighted by molar-refractivity contribution is 7.89. The molecule has 0 aromatic heterocycles. The van der Waals surface area contributed by atoms with E-state index in [1.807, 2.05) is 0 Å². The lowest BCUT2D eigenvalue weighted by Gasteiger charge is -2.23. The van der Waals surface area contributed by atoms with Crippen LogP contribution in [-0.4, -0.2) is 43.0 Å². The van der Waals surface area contributed by atoms with Gasteiger partial charge in [0.25, 0.3) is 0 Å². The van der Waals surface area contributed by atoms with Gasteiger partial charge in [-0.25, -0.2) is 16.8 Å². The van der Waals surface area contributed by atoms with Crippen LogP contribution in [0.25, 0.3) is 0 Å². The Balaban J connectivity index is 1.65. The first kappa shape index (κ1) is 37.8. The summed E-state index contributed by atoms with van der Waals surface area (Å²) >= 11 is 0. The average Bonchev–Trinajstić information content (AvgIpc) is 3.07. The van der Waals surface area contributed by atoms with Gasteiger partial charge in [0, 0.05) is 11.4 Å². The van der Waals surface area contributed by atoms with E-state index in [1.54, 1.807) is 0 Å². The van der Waals surface area contributed by atoms with Crippen LogP contribution < -0.4 is 41.0 Å². The average molecular weight is 747 g/mol. The lowest BCUT2D eigenvalue weighted by Crippen LogP contribution is -2.31. The van der Waals surface area contributed by atoms with Gasteiger partial charge in [0.15, 0.2) is 24.4 Å². The van der Waals surface area contributed by atoms with E-state index < -0.39 is 40.8 Å². The predicted molar refractivity (Wildman–Crippen MR) is 187 cm³/mol. The van der Waals surface area contributed by atoms with E-state index in [0.717, 1.165) is 0 Å². The number of hydrogen-bond acceptors (Lipinski definition) is 11. The quantitative estimate of drug-likeness (QED) is 0.0354. The van der Waals surface area contributed by atoms with Crippen molar-refractivity contribution >= 4 is 51.6 Å². The second-order valence-corrected chi connectivity index (χ2v) is 14.6. The fourth-order valence-corrected chi connectivity index (χ4v) is 7.46. The zero-order chi connectivity index (χ0) is 36.5. The van der Waals surface area contributed by atoms with Crippen molar-refractivity contribution in [3.63, 3.8) is 0 Å². The highest BCUT2D eigenvalue weighted by Gasteiger charge is 2.28. The molecule has 0 amide bonds. The van der Waals surface area contributed by atoms with Crippen LogP contribution in [-0.2, 0) is 33.7 Å². The predicted octanol–water partition coefficient (Wildman–Crippen LogP) is 3.39. The van der Waals surface area contributed by atoms with E-state index in [9.17, 15) is 21.4 Å². The number of nitrogens with two attached hydrogens (primary N) is 2. The second kappa shape index (κ2) is 16.6.